The Kier molecular flexibility index (Phi) is 16.1. The lowest BCUT2D eigenvalue weighted by molar-refractivity contribution is 0.0757. The molecule has 11 nitrogen and oxygen atoms in total. The number of nitrogens with zero attached hydrogens (tertiary/aromatic N) is 4. The second-order valence-corrected chi connectivity index (χ2v) is 13.0. The summed E-state index contributed by atoms with van der Waals surface area (Å²) < 4.78 is 35.4. The van der Waals surface area contributed by atoms with Crippen molar-refractivity contribution >= 4 is 24.9 Å². The van der Waals surface area contributed by atoms with Gasteiger partial charge in [-0.3, -0.25) is 9.05 Å². The first-order valence-electron chi connectivity index (χ1n) is 16.2. The zero-order chi connectivity index (χ0) is 30.0. The highest BCUT2D eigenvalue weighted by molar-refractivity contribution is 7.47. The zero-order valence-electron chi connectivity index (χ0n) is 25.9. The minimum absolute atomic E-state index is 0.124. The first kappa shape index (κ1) is 34.7. The molecule has 1 aliphatic carbocycles. The van der Waals surface area contributed by atoms with Crippen molar-refractivity contribution in [1.29, 1.82) is 0 Å². The molecule has 42 heavy (non-hydrogen) atoms. The van der Waals surface area contributed by atoms with Crippen molar-refractivity contribution in [2.24, 2.45) is 5.92 Å². The maximum Gasteiger partial charge on any atom is 0.472 e. The Hall–Kier alpha value is -1.78. The van der Waals surface area contributed by atoms with E-state index in [1.807, 2.05) is 4.57 Å². The van der Waals surface area contributed by atoms with E-state index in [0.29, 0.717) is 30.1 Å². The summed E-state index contributed by atoms with van der Waals surface area (Å²) in [5.41, 5.74) is 6.97. The van der Waals surface area contributed by atoms with E-state index in [1.54, 1.807) is 6.33 Å². The van der Waals surface area contributed by atoms with Crippen LogP contribution in [-0.2, 0) is 18.3 Å². The number of methoxy groups -OCH3 is 1. The summed E-state index contributed by atoms with van der Waals surface area (Å²) in [4.78, 5) is 22.7. The summed E-state index contributed by atoms with van der Waals surface area (Å²) in [5.74, 6) is 0.610. The number of phosphoric acid groups is 1. The lowest BCUT2D eigenvalue weighted by Gasteiger charge is -2.36. The Morgan fingerprint density at radius 1 is 0.881 bits per heavy atom. The fourth-order valence-electron chi connectivity index (χ4n) is 5.46. The molecule has 12 heteroatoms. The first-order valence-corrected chi connectivity index (χ1v) is 17.7. The SMILES string of the molecule is CCCCCCCCCCCCCCCCOCCCOP(=O)(O)OCC1CC(n2cnc3c(OC)nc(N)nc32)C1. The third kappa shape index (κ3) is 12.4. The summed E-state index contributed by atoms with van der Waals surface area (Å²) >= 11 is 0. The molecule has 2 heterocycles. The molecule has 0 saturated heterocycles. The fourth-order valence-corrected chi connectivity index (χ4v) is 6.29. The molecule has 0 spiro atoms. The van der Waals surface area contributed by atoms with Gasteiger partial charge in [-0.2, -0.15) is 9.97 Å². The number of rotatable bonds is 25. The molecule has 0 aromatic carbocycles. The highest BCUT2D eigenvalue weighted by atomic mass is 31.2. The molecule has 1 unspecified atom stereocenters. The minimum atomic E-state index is -4.08. The standard InChI is InChI=1S/C30H54N5O6P/c1-3-4-5-6-7-8-9-10-11-12-13-14-15-16-18-39-19-17-20-40-42(36,37)41-23-25-21-26(22-25)35-24-32-27-28(35)33-30(31)34-29(27)38-2/h24-26H,3-23H2,1-2H3,(H,36,37)(H2,31,33,34). The van der Waals surface area contributed by atoms with Crippen LogP contribution in [-0.4, -0.2) is 57.9 Å². The van der Waals surface area contributed by atoms with Gasteiger partial charge in [0.25, 0.3) is 0 Å². The van der Waals surface area contributed by atoms with Crippen LogP contribution in [0.4, 0.5) is 5.95 Å². The number of anilines is 1. The van der Waals surface area contributed by atoms with Crippen molar-refractivity contribution in [3.05, 3.63) is 6.33 Å². The second-order valence-electron chi connectivity index (χ2n) is 11.6. The van der Waals surface area contributed by atoms with Crippen molar-refractivity contribution in [2.75, 3.05) is 39.3 Å². The van der Waals surface area contributed by atoms with Gasteiger partial charge in [0.15, 0.2) is 11.2 Å². The second kappa shape index (κ2) is 19.5. The minimum Gasteiger partial charge on any atom is -0.479 e. The quantitative estimate of drug-likeness (QED) is 0.0861. The molecule has 1 atom stereocenters. The molecular weight excluding hydrogens is 557 g/mol. The molecule has 0 aliphatic heterocycles. The first-order chi connectivity index (χ1) is 20.4. The van der Waals surface area contributed by atoms with Gasteiger partial charge < -0.3 is 24.7 Å². The zero-order valence-corrected chi connectivity index (χ0v) is 26.8. The summed E-state index contributed by atoms with van der Waals surface area (Å²) in [7, 11) is -2.57. The smallest absolute Gasteiger partial charge is 0.472 e. The van der Waals surface area contributed by atoms with Crippen LogP contribution in [0, 0.1) is 5.92 Å². The number of phosphoric ester groups is 1. The molecule has 0 bridgehead atoms. The summed E-state index contributed by atoms with van der Waals surface area (Å²) in [5, 5.41) is 0. The Morgan fingerprint density at radius 2 is 1.48 bits per heavy atom. The van der Waals surface area contributed by atoms with Crippen molar-refractivity contribution in [3.63, 3.8) is 0 Å². The van der Waals surface area contributed by atoms with Crippen molar-refractivity contribution in [3.8, 4) is 5.88 Å². The third-order valence-electron chi connectivity index (χ3n) is 8.01. The molecule has 2 aromatic heterocycles. The molecule has 0 amide bonds. The highest BCUT2D eigenvalue weighted by Crippen LogP contribution is 2.47. The number of imidazole rings is 1. The number of unbranched alkanes of at least 4 members (excludes halogenated alkanes) is 13. The number of hydrogen-bond acceptors (Lipinski definition) is 9. The maximum atomic E-state index is 12.2. The van der Waals surface area contributed by atoms with Gasteiger partial charge in [0.05, 0.1) is 26.7 Å². The van der Waals surface area contributed by atoms with E-state index in [9.17, 15) is 9.46 Å². The Balaban J connectivity index is 1.11. The summed E-state index contributed by atoms with van der Waals surface area (Å²) in [6.45, 7) is 3.80. The lowest BCUT2D eigenvalue weighted by atomic mass is 9.81. The fraction of sp³-hybridized carbons (Fsp3) is 0.833. The van der Waals surface area contributed by atoms with Crippen LogP contribution in [0.25, 0.3) is 11.2 Å². The van der Waals surface area contributed by atoms with Crippen LogP contribution >= 0.6 is 7.82 Å². The van der Waals surface area contributed by atoms with Crippen LogP contribution in [0.1, 0.15) is 122 Å². The normalized spacial score (nSPS) is 18.3. The number of nitrogens with two attached hydrogens (primary N) is 1. The maximum absolute atomic E-state index is 12.2. The molecule has 2 aromatic rings. The van der Waals surface area contributed by atoms with Gasteiger partial charge in [-0.1, -0.05) is 90.4 Å². The number of hydrogen-bond donors (Lipinski definition) is 2. The van der Waals surface area contributed by atoms with Gasteiger partial charge >= 0.3 is 7.82 Å². The van der Waals surface area contributed by atoms with Crippen LogP contribution in [0.15, 0.2) is 6.33 Å². The number of fused-ring (bicyclic) bond motifs is 1. The number of aromatic nitrogens is 4. The molecule has 1 fully saturated rings. The lowest BCUT2D eigenvalue weighted by Crippen LogP contribution is -2.29. The van der Waals surface area contributed by atoms with Crippen LogP contribution < -0.4 is 10.5 Å². The largest absolute Gasteiger partial charge is 0.479 e. The average molecular weight is 612 g/mol. The monoisotopic (exact) mass is 611 g/mol. The van der Waals surface area contributed by atoms with Crippen LogP contribution in [0.5, 0.6) is 5.88 Å². The van der Waals surface area contributed by atoms with Gasteiger partial charge in [0.1, 0.15) is 0 Å². The van der Waals surface area contributed by atoms with Gasteiger partial charge in [0, 0.05) is 19.3 Å². The molecule has 0 radical (unpaired) electrons. The van der Waals surface area contributed by atoms with E-state index in [1.165, 1.54) is 90.6 Å². The van der Waals surface area contributed by atoms with E-state index in [2.05, 4.69) is 21.9 Å². The Labute approximate surface area is 251 Å². The van der Waals surface area contributed by atoms with E-state index >= 15 is 0 Å². The van der Waals surface area contributed by atoms with Crippen molar-refractivity contribution < 1.29 is 28.0 Å². The molecule has 1 saturated carbocycles. The molecular formula is C30H54N5O6P. The van der Waals surface area contributed by atoms with Crippen molar-refractivity contribution in [1.82, 2.24) is 19.5 Å². The third-order valence-corrected chi connectivity index (χ3v) is 8.99. The predicted molar refractivity (Wildman–Crippen MR) is 166 cm³/mol. The van der Waals surface area contributed by atoms with E-state index < -0.39 is 7.82 Å². The van der Waals surface area contributed by atoms with E-state index in [0.717, 1.165) is 25.9 Å². The predicted octanol–water partition coefficient (Wildman–Crippen LogP) is 7.39. The molecule has 3 rings (SSSR count). The topological polar surface area (TPSA) is 144 Å². The Bertz CT molecular complexity index is 1060. The van der Waals surface area contributed by atoms with Gasteiger partial charge in [0.2, 0.25) is 11.8 Å². The van der Waals surface area contributed by atoms with E-state index in [4.69, 9.17) is 24.3 Å². The highest BCUT2D eigenvalue weighted by Gasteiger charge is 2.34. The van der Waals surface area contributed by atoms with Gasteiger partial charge in [-0.15, -0.1) is 0 Å². The van der Waals surface area contributed by atoms with Crippen LogP contribution in [0.2, 0.25) is 0 Å². The van der Waals surface area contributed by atoms with Crippen LogP contribution in [0.3, 0.4) is 0 Å². The molecule has 240 valence electrons. The average Bonchev–Trinajstić information content (AvgIpc) is 3.36. The van der Waals surface area contributed by atoms with E-state index in [-0.39, 0.29) is 31.1 Å². The number of ether oxygens (including phenoxy) is 2. The van der Waals surface area contributed by atoms with Crippen molar-refractivity contribution in [2.45, 2.75) is 122 Å². The summed E-state index contributed by atoms with van der Waals surface area (Å²) in [6.07, 6.45) is 22.5. The van der Waals surface area contributed by atoms with Gasteiger partial charge in [-0.05, 0) is 31.6 Å². The molecule has 3 N–H and O–H groups in total. The van der Waals surface area contributed by atoms with Gasteiger partial charge in [-0.25, -0.2) is 9.55 Å². The number of nitrogen functional groups attached to an aromatic ring is 1. The molecule has 1 aliphatic rings. The summed E-state index contributed by atoms with van der Waals surface area (Å²) in [6, 6.07) is 0.151. The Morgan fingerprint density at radius 3 is 2.10 bits per heavy atom.